The Kier molecular flexibility index (Phi) is 7.54. The smallest absolute Gasteiger partial charge is 0.416 e. The third-order valence-corrected chi connectivity index (χ3v) is 4.59. The third-order valence-electron chi connectivity index (χ3n) is 4.59. The van der Waals surface area contributed by atoms with Gasteiger partial charge in [-0.05, 0) is 37.3 Å². The lowest BCUT2D eigenvalue weighted by molar-refractivity contribution is -0.137. The topological polar surface area (TPSA) is 89.7 Å². The van der Waals surface area contributed by atoms with Crippen LogP contribution in [0, 0.1) is 0 Å². The first-order chi connectivity index (χ1) is 15.8. The van der Waals surface area contributed by atoms with Crippen LogP contribution < -0.4 is 10.2 Å². The van der Waals surface area contributed by atoms with Crippen LogP contribution in [0.5, 0.6) is 0 Å². The number of carbonyl (C=O) groups is 1. The zero-order valence-electron chi connectivity index (χ0n) is 18.3. The lowest BCUT2D eigenvalue weighted by atomic mass is 10.1. The van der Waals surface area contributed by atoms with Crippen LogP contribution in [0.2, 0.25) is 0 Å². The number of carbonyl (C=O) groups excluding carboxylic acids is 1. The molecule has 33 heavy (non-hydrogen) atoms. The Morgan fingerprint density at radius 1 is 1.21 bits per heavy atom. The molecule has 0 aliphatic carbocycles. The normalized spacial score (nSPS) is 11.3. The number of aromatic nitrogens is 2. The van der Waals surface area contributed by atoms with Crippen molar-refractivity contribution >= 4 is 23.4 Å². The second kappa shape index (κ2) is 10.3. The Labute approximate surface area is 188 Å². The number of nitrogens with one attached hydrogen (secondary N) is 1. The van der Waals surface area contributed by atoms with E-state index in [1.165, 1.54) is 37.5 Å². The zero-order valence-corrected chi connectivity index (χ0v) is 18.3. The average molecular weight is 464 g/mol. The minimum absolute atomic E-state index is 0.0380. The van der Waals surface area contributed by atoms with Crippen LogP contribution in [0.3, 0.4) is 0 Å². The van der Waals surface area contributed by atoms with Gasteiger partial charge in [-0.3, -0.25) is 0 Å². The molecule has 0 saturated carbocycles. The van der Waals surface area contributed by atoms with Gasteiger partial charge in [-0.2, -0.15) is 18.2 Å². The van der Waals surface area contributed by atoms with Gasteiger partial charge in [0.2, 0.25) is 5.95 Å². The molecule has 1 aromatic carbocycles. The summed E-state index contributed by atoms with van der Waals surface area (Å²) in [5.41, 5.74) is -0.559. The number of anilines is 3. The lowest BCUT2D eigenvalue weighted by Crippen LogP contribution is -2.21. The molecule has 176 valence electrons. The summed E-state index contributed by atoms with van der Waals surface area (Å²) in [6.45, 7) is 2.44. The molecule has 0 bridgehead atoms. The SMILES string of the molecule is CCOC(=O)c1c(-c2ccco2)nc(NCCOC)nc1N(C)c1cccc(C(F)(F)F)c1. The highest BCUT2D eigenvalue weighted by molar-refractivity contribution is 6.01. The number of halogens is 3. The van der Waals surface area contributed by atoms with Crippen molar-refractivity contribution in [2.24, 2.45) is 0 Å². The summed E-state index contributed by atoms with van der Waals surface area (Å²) in [6.07, 6.45) is -3.11. The van der Waals surface area contributed by atoms with Gasteiger partial charge in [0.05, 0.1) is 25.0 Å². The molecule has 0 spiro atoms. The molecule has 2 aromatic heterocycles. The molecule has 3 rings (SSSR count). The van der Waals surface area contributed by atoms with Crippen molar-refractivity contribution in [3.05, 3.63) is 53.8 Å². The second-order valence-electron chi connectivity index (χ2n) is 6.82. The van der Waals surface area contributed by atoms with Gasteiger partial charge in [0.1, 0.15) is 11.3 Å². The van der Waals surface area contributed by atoms with Crippen molar-refractivity contribution in [1.29, 1.82) is 0 Å². The van der Waals surface area contributed by atoms with Gasteiger partial charge in [0.25, 0.3) is 0 Å². The predicted octanol–water partition coefficient (Wildman–Crippen LogP) is 4.76. The fraction of sp³-hybridized carbons (Fsp3) is 0.318. The number of methoxy groups -OCH3 is 1. The maximum atomic E-state index is 13.3. The molecule has 2 heterocycles. The first-order valence-corrected chi connectivity index (χ1v) is 10.0. The van der Waals surface area contributed by atoms with E-state index in [2.05, 4.69) is 15.3 Å². The molecule has 0 radical (unpaired) electrons. The predicted molar refractivity (Wildman–Crippen MR) is 116 cm³/mol. The van der Waals surface area contributed by atoms with E-state index in [1.807, 2.05) is 0 Å². The van der Waals surface area contributed by atoms with E-state index in [0.717, 1.165) is 12.1 Å². The third kappa shape index (κ3) is 5.61. The zero-order chi connectivity index (χ0) is 24.0. The maximum absolute atomic E-state index is 13.3. The van der Waals surface area contributed by atoms with Crippen LogP contribution in [0.4, 0.5) is 30.6 Å². The van der Waals surface area contributed by atoms with Crippen molar-refractivity contribution in [1.82, 2.24) is 9.97 Å². The minimum atomic E-state index is -4.53. The first kappa shape index (κ1) is 24.1. The van der Waals surface area contributed by atoms with Crippen LogP contribution in [-0.2, 0) is 15.7 Å². The van der Waals surface area contributed by atoms with Crippen LogP contribution in [0.1, 0.15) is 22.8 Å². The first-order valence-electron chi connectivity index (χ1n) is 10.0. The van der Waals surface area contributed by atoms with Gasteiger partial charge in [-0.15, -0.1) is 0 Å². The summed E-state index contributed by atoms with van der Waals surface area (Å²) >= 11 is 0. The van der Waals surface area contributed by atoms with Crippen molar-refractivity contribution < 1.29 is 31.9 Å². The van der Waals surface area contributed by atoms with E-state index >= 15 is 0 Å². The number of ether oxygens (including phenoxy) is 2. The summed E-state index contributed by atoms with van der Waals surface area (Å²) in [6, 6.07) is 7.94. The standard InChI is InChI=1S/C22H23F3N4O4/c1-4-32-20(30)17-18(16-9-6-11-33-16)27-21(26-10-12-31-3)28-19(17)29(2)15-8-5-7-14(13-15)22(23,24)25/h5-9,11,13H,4,10,12H2,1-3H3,(H,26,27,28). The summed E-state index contributed by atoms with van der Waals surface area (Å²) in [5.74, 6) is -0.274. The molecule has 0 atom stereocenters. The Balaban J connectivity index is 2.19. The van der Waals surface area contributed by atoms with Gasteiger partial charge < -0.3 is 24.1 Å². The van der Waals surface area contributed by atoms with Crippen molar-refractivity contribution in [3.8, 4) is 11.5 Å². The minimum Gasteiger partial charge on any atom is -0.463 e. The molecule has 0 fully saturated rings. The number of hydrogen-bond donors (Lipinski definition) is 1. The maximum Gasteiger partial charge on any atom is 0.416 e. The number of nitrogens with zero attached hydrogens (tertiary/aromatic N) is 3. The van der Waals surface area contributed by atoms with E-state index in [9.17, 15) is 18.0 Å². The highest BCUT2D eigenvalue weighted by atomic mass is 19.4. The highest BCUT2D eigenvalue weighted by Crippen LogP contribution is 2.36. The van der Waals surface area contributed by atoms with Crippen LogP contribution in [0.15, 0.2) is 47.1 Å². The van der Waals surface area contributed by atoms with E-state index in [1.54, 1.807) is 19.1 Å². The Hall–Kier alpha value is -3.60. The second-order valence-corrected chi connectivity index (χ2v) is 6.82. The van der Waals surface area contributed by atoms with E-state index in [-0.39, 0.29) is 41.1 Å². The van der Waals surface area contributed by atoms with E-state index in [4.69, 9.17) is 13.9 Å². The Morgan fingerprint density at radius 2 is 2.00 bits per heavy atom. The number of furan rings is 1. The van der Waals surface area contributed by atoms with Gasteiger partial charge in [-0.1, -0.05) is 6.07 Å². The van der Waals surface area contributed by atoms with Crippen molar-refractivity contribution in [3.63, 3.8) is 0 Å². The fourth-order valence-corrected chi connectivity index (χ4v) is 3.03. The van der Waals surface area contributed by atoms with Crippen molar-refractivity contribution in [2.45, 2.75) is 13.1 Å². The Morgan fingerprint density at radius 3 is 2.64 bits per heavy atom. The highest BCUT2D eigenvalue weighted by Gasteiger charge is 2.32. The monoisotopic (exact) mass is 464 g/mol. The van der Waals surface area contributed by atoms with E-state index in [0.29, 0.717) is 13.2 Å². The molecule has 0 amide bonds. The van der Waals surface area contributed by atoms with Gasteiger partial charge >= 0.3 is 12.1 Å². The summed E-state index contributed by atoms with van der Waals surface area (Å²) in [7, 11) is 3.04. The van der Waals surface area contributed by atoms with Crippen molar-refractivity contribution in [2.75, 3.05) is 44.1 Å². The van der Waals surface area contributed by atoms with Crippen LogP contribution in [-0.4, -0.2) is 49.9 Å². The largest absolute Gasteiger partial charge is 0.463 e. The fourth-order valence-electron chi connectivity index (χ4n) is 3.03. The van der Waals surface area contributed by atoms with Gasteiger partial charge in [-0.25, -0.2) is 9.78 Å². The molecular weight excluding hydrogens is 441 g/mol. The molecule has 0 aliphatic heterocycles. The number of benzene rings is 1. The molecule has 0 aliphatic rings. The summed E-state index contributed by atoms with van der Waals surface area (Å²) in [5, 5.41) is 2.98. The molecule has 11 heteroatoms. The molecule has 3 aromatic rings. The van der Waals surface area contributed by atoms with Crippen LogP contribution >= 0.6 is 0 Å². The quantitative estimate of drug-likeness (QED) is 0.358. The molecule has 8 nitrogen and oxygen atoms in total. The number of esters is 1. The molecule has 0 saturated heterocycles. The van der Waals surface area contributed by atoms with Gasteiger partial charge in [0, 0.05) is 26.4 Å². The number of alkyl halides is 3. The molecule has 1 N–H and O–H groups in total. The number of hydrogen-bond acceptors (Lipinski definition) is 8. The summed E-state index contributed by atoms with van der Waals surface area (Å²) < 4.78 is 55.5. The van der Waals surface area contributed by atoms with Gasteiger partial charge in [0.15, 0.2) is 11.6 Å². The number of rotatable bonds is 9. The average Bonchev–Trinajstić information content (AvgIpc) is 3.33. The molecule has 0 unspecified atom stereocenters. The lowest BCUT2D eigenvalue weighted by Gasteiger charge is -2.23. The summed E-state index contributed by atoms with van der Waals surface area (Å²) in [4.78, 5) is 23.1. The Bertz CT molecular complexity index is 1090. The van der Waals surface area contributed by atoms with Crippen LogP contribution in [0.25, 0.3) is 11.5 Å². The molecular formula is C22H23F3N4O4. The van der Waals surface area contributed by atoms with E-state index < -0.39 is 17.7 Å².